The highest BCUT2D eigenvalue weighted by molar-refractivity contribution is 7.89. The number of sulfonamides is 1. The number of aromatic nitrogens is 1. The number of para-hydroxylation sites is 2. The summed E-state index contributed by atoms with van der Waals surface area (Å²) in [5.41, 5.74) is 3.95. The Morgan fingerprint density at radius 1 is 0.729 bits per heavy atom. The van der Waals surface area contributed by atoms with E-state index in [1.165, 1.54) is 48.5 Å². The van der Waals surface area contributed by atoms with E-state index in [1.54, 1.807) is 59.5 Å². The van der Waals surface area contributed by atoms with Gasteiger partial charge < -0.3 is 24.6 Å². The maximum atomic E-state index is 14.8. The van der Waals surface area contributed by atoms with Crippen molar-refractivity contribution in [2.75, 3.05) is 39.3 Å². The van der Waals surface area contributed by atoms with E-state index in [2.05, 4.69) is 9.47 Å². The first-order valence-corrected chi connectivity index (χ1v) is 24.4. The smallest absolute Gasteiger partial charge is 0.336 e. The van der Waals surface area contributed by atoms with Gasteiger partial charge in [0.25, 0.3) is 21.8 Å². The average molecular weight is 962 g/mol. The number of hydrogen-bond donors (Lipinski definition) is 3. The molecular weight excluding hydrogens is 913 g/mol. The van der Waals surface area contributed by atoms with Crippen molar-refractivity contribution in [2.45, 2.75) is 44.0 Å². The van der Waals surface area contributed by atoms with E-state index in [0.717, 1.165) is 40.3 Å². The lowest BCUT2D eigenvalue weighted by Crippen LogP contribution is -2.49. The van der Waals surface area contributed by atoms with Crippen LogP contribution >= 0.6 is 0 Å². The van der Waals surface area contributed by atoms with Crippen molar-refractivity contribution in [1.82, 2.24) is 14.1 Å². The zero-order valence-electron chi connectivity index (χ0n) is 38.2. The Bertz CT molecular complexity index is 3450. The van der Waals surface area contributed by atoms with Gasteiger partial charge >= 0.3 is 11.9 Å². The van der Waals surface area contributed by atoms with Gasteiger partial charge in [-0.3, -0.25) is 24.1 Å². The number of carboxylic acid groups (broad SMARTS) is 2. The molecule has 1 aromatic heterocycles. The molecule has 3 heterocycles. The van der Waals surface area contributed by atoms with Crippen molar-refractivity contribution < 1.29 is 51.9 Å². The van der Waals surface area contributed by atoms with Gasteiger partial charge in [0, 0.05) is 91.9 Å². The Balaban J connectivity index is 0.908. The highest BCUT2D eigenvalue weighted by Crippen LogP contribution is 2.42. The second-order valence-electron chi connectivity index (χ2n) is 17.5. The zero-order valence-corrected chi connectivity index (χ0v) is 39.0. The lowest BCUT2D eigenvalue weighted by molar-refractivity contribution is -0.645. The summed E-state index contributed by atoms with van der Waals surface area (Å²) >= 11 is 0. The maximum absolute atomic E-state index is 14.8. The molecule has 0 spiro atoms. The number of carbonyl (C=O) groups is 4. The first-order chi connectivity index (χ1) is 33.7. The number of piperazine rings is 1. The molecule has 9 rings (SSSR count). The van der Waals surface area contributed by atoms with Crippen LogP contribution in [0.5, 0.6) is 5.75 Å². The number of fused-ring (bicyclic) bond motifs is 4. The Morgan fingerprint density at radius 3 is 2.09 bits per heavy atom. The number of benzene rings is 6. The van der Waals surface area contributed by atoms with E-state index in [4.69, 9.17) is 4.42 Å². The lowest BCUT2D eigenvalue weighted by Gasteiger charge is -2.34. The predicted molar refractivity (Wildman–Crippen MR) is 263 cm³/mol. The summed E-state index contributed by atoms with van der Waals surface area (Å²) in [7, 11) is -4.37. The van der Waals surface area contributed by atoms with Crippen molar-refractivity contribution >= 4 is 66.6 Å². The number of unbranched alkanes of at least 4 members (excludes halogenated alkanes) is 1. The van der Waals surface area contributed by atoms with Crippen molar-refractivity contribution in [2.24, 2.45) is 0 Å². The zero-order chi connectivity index (χ0) is 49.3. The molecule has 2 amide bonds. The Hall–Kier alpha value is -7.95. The number of aryl methyl sites for hydroxylation is 2. The van der Waals surface area contributed by atoms with Crippen LogP contribution in [0.15, 0.2) is 142 Å². The number of nitrogens with zero attached hydrogens (tertiary/aromatic N) is 4. The molecule has 2 aliphatic heterocycles. The molecule has 16 heteroatoms. The van der Waals surface area contributed by atoms with E-state index in [-0.39, 0.29) is 69.4 Å². The summed E-state index contributed by atoms with van der Waals surface area (Å²) in [5.74, 6) is -3.15. The molecule has 3 aliphatic rings. The summed E-state index contributed by atoms with van der Waals surface area (Å²) in [5, 5.41) is 31.6. The van der Waals surface area contributed by atoms with Crippen molar-refractivity contribution in [3.8, 4) is 28.2 Å². The standard InChI is InChI=1S/C54H48N4O11S/c1-34-14-19-38(20-15-34)70(67,68)58(26-8-13-49(61)62)53(64)51-40-9-2-4-11-45(40)57(46-12-5-3-10-41(46)51)25-7-6-24-55-27-29-56(30-28-55)52(63)35-16-21-39(54(65)66)44(31-35)50-42-22-17-36(59)32-47(42)69-48-33-37(60)18-23-43(48)50/h2-5,9-12,14-23,31-33H,6-8,13,24-30H2,1H3,(H2-,59,60,61,62,65,66)/p+1. The van der Waals surface area contributed by atoms with Gasteiger partial charge in [0.05, 0.1) is 26.8 Å². The molecule has 6 aromatic rings. The Labute approximate surface area is 402 Å². The topological polar surface area (TPSA) is 207 Å². The van der Waals surface area contributed by atoms with Gasteiger partial charge in [-0.15, -0.1) is 0 Å². The first-order valence-electron chi connectivity index (χ1n) is 23.0. The van der Waals surface area contributed by atoms with Gasteiger partial charge in [0.2, 0.25) is 11.0 Å². The number of amides is 2. The number of hydrogen-bond acceptors (Lipinski definition) is 10. The van der Waals surface area contributed by atoms with Crippen LogP contribution in [0.25, 0.3) is 55.2 Å². The Morgan fingerprint density at radius 2 is 1.41 bits per heavy atom. The highest BCUT2D eigenvalue weighted by atomic mass is 32.2. The van der Waals surface area contributed by atoms with Crippen LogP contribution in [0.3, 0.4) is 0 Å². The molecule has 0 saturated carbocycles. The lowest BCUT2D eigenvalue weighted by atomic mass is 9.89. The van der Waals surface area contributed by atoms with Crippen LogP contribution in [-0.4, -0.2) is 101 Å². The number of phenols is 1. The summed E-state index contributed by atoms with van der Waals surface area (Å²) in [4.78, 5) is 69.3. The van der Waals surface area contributed by atoms with E-state index >= 15 is 0 Å². The minimum absolute atomic E-state index is 0.0426. The summed E-state index contributed by atoms with van der Waals surface area (Å²) in [6.07, 6.45) is 1.20. The second kappa shape index (κ2) is 19.6. The van der Waals surface area contributed by atoms with Gasteiger partial charge in [-0.25, -0.2) is 17.5 Å². The predicted octanol–water partition coefficient (Wildman–Crippen LogP) is 7.81. The fourth-order valence-corrected chi connectivity index (χ4v) is 10.8. The van der Waals surface area contributed by atoms with Crippen molar-refractivity contribution in [3.63, 3.8) is 0 Å². The molecule has 15 nitrogen and oxygen atoms in total. The molecule has 356 valence electrons. The van der Waals surface area contributed by atoms with Crippen LogP contribution < -0.4 is 10.00 Å². The molecule has 1 saturated heterocycles. The van der Waals surface area contributed by atoms with E-state index < -0.39 is 27.9 Å². The SMILES string of the molecule is Cc1ccc(S(=O)(=O)N(CCCC(=O)O)C(=O)c2c3ccccc3[n+](CCCCN3CCN(C(=O)c4ccc(C(=O)O)c(-c5c6ccc(=O)cc-6oc6cc(O)ccc56)c4)CC3)c3ccccc23)cc1. The quantitative estimate of drug-likeness (QED) is 0.0511. The fraction of sp³-hybridized carbons (Fsp3) is 0.222. The number of carboxylic acids is 2. The van der Waals surface area contributed by atoms with E-state index in [1.807, 2.05) is 31.2 Å². The van der Waals surface area contributed by atoms with Gasteiger partial charge in [-0.1, -0.05) is 42.0 Å². The molecule has 0 unspecified atom stereocenters. The molecule has 3 N–H and O–H groups in total. The van der Waals surface area contributed by atoms with Crippen LogP contribution in [0.1, 0.15) is 62.3 Å². The molecular formula is C54H49N4O11S+. The summed E-state index contributed by atoms with van der Waals surface area (Å²) in [6, 6.07) is 34.2. The highest BCUT2D eigenvalue weighted by Gasteiger charge is 2.35. The molecule has 0 radical (unpaired) electrons. The third-order valence-corrected chi connectivity index (χ3v) is 14.7. The minimum Gasteiger partial charge on any atom is -0.508 e. The van der Waals surface area contributed by atoms with Crippen molar-refractivity contribution in [3.05, 3.63) is 160 Å². The van der Waals surface area contributed by atoms with Gasteiger partial charge in [-0.05, 0) is 98.6 Å². The average Bonchev–Trinajstić information content (AvgIpc) is 3.35. The second-order valence-corrected chi connectivity index (χ2v) is 19.3. The largest absolute Gasteiger partial charge is 0.508 e. The number of phenolic OH excluding ortho intramolecular Hbond substituents is 1. The van der Waals surface area contributed by atoms with Crippen molar-refractivity contribution in [1.29, 1.82) is 0 Å². The van der Waals surface area contributed by atoms with Crippen LogP contribution in [0.2, 0.25) is 0 Å². The number of carbonyl (C=O) groups excluding carboxylic acids is 2. The molecule has 5 aromatic carbocycles. The molecule has 70 heavy (non-hydrogen) atoms. The molecule has 1 aliphatic carbocycles. The van der Waals surface area contributed by atoms with Gasteiger partial charge in [0.1, 0.15) is 23.6 Å². The number of aliphatic carboxylic acids is 1. The third kappa shape index (κ3) is 9.30. The Kier molecular flexibility index (Phi) is 13.2. The summed E-state index contributed by atoms with van der Waals surface area (Å²) < 4.78 is 37.3. The maximum Gasteiger partial charge on any atom is 0.336 e. The monoisotopic (exact) mass is 961 g/mol. The van der Waals surface area contributed by atoms with Crippen LogP contribution in [-0.2, 0) is 21.4 Å². The van der Waals surface area contributed by atoms with Gasteiger partial charge in [0.15, 0.2) is 5.43 Å². The fourth-order valence-electron chi connectivity index (χ4n) is 9.44. The normalized spacial score (nSPS) is 13.3. The number of aromatic hydroxyl groups is 1. The molecule has 0 bridgehead atoms. The van der Waals surface area contributed by atoms with E-state index in [9.17, 15) is 47.7 Å². The number of pyridine rings is 1. The van der Waals surface area contributed by atoms with Gasteiger partial charge in [-0.2, -0.15) is 4.57 Å². The molecule has 1 fully saturated rings. The molecule has 0 atom stereocenters. The van der Waals surface area contributed by atoms with E-state index in [0.29, 0.717) is 65.6 Å². The van der Waals surface area contributed by atoms with Crippen LogP contribution in [0.4, 0.5) is 0 Å². The first kappa shape index (κ1) is 47.1. The van der Waals surface area contributed by atoms with Crippen LogP contribution in [0, 0.1) is 6.92 Å². The number of rotatable bonds is 15. The summed E-state index contributed by atoms with van der Waals surface area (Å²) in [6.45, 7) is 4.99. The number of aromatic carboxylic acids is 1. The minimum atomic E-state index is -4.37. The third-order valence-electron chi connectivity index (χ3n) is 12.9.